The molecule has 2 N–H and O–H groups in total. The molecule has 0 bridgehead atoms. The molecule has 126 valence electrons. The van der Waals surface area contributed by atoms with Crippen LogP contribution in [-0.2, 0) is 14.3 Å². The highest BCUT2D eigenvalue weighted by Crippen LogP contribution is 2.23. The number of carbonyl (C=O) groups excluding carboxylic acids is 1. The Morgan fingerprint density at radius 2 is 1.87 bits per heavy atom. The van der Waals surface area contributed by atoms with Crippen molar-refractivity contribution in [1.29, 1.82) is 0 Å². The topological polar surface area (TPSA) is 87.1 Å². The van der Waals surface area contributed by atoms with Gasteiger partial charge in [0.25, 0.3) is 5.91 Å². The molecule has 1 fully saturated rings. The van der Waals surface area contributed by atoms with Crippen molar-refractivity contribution in [1.82, 2.24) is 4.90 Å². The summed E-state index contributed by atoms with van der Waals surface area (Å²) in [4.78, 5) is 24.9. The van der Waals surface area contributed by atoms with E-state index in [1.165, 1.54) is 4.90 Å². The Morgan fingerprint density at radius 3 is 2.39 bits per heavy atom. The highest BCUT2D eigenvalue weighted by atomic mass is 16.5. The molecule has 0 radical (unpaired) electrons. The molecule has 23 heavy (non-hydrogen) atoms. The summed E-state index contributed by atoms with van der Waals surface area (Å²) in [6, 6.07) is 7.50. The van der Waals surface area contributed by atoms with Gasteiger partial charge in [-0.25, -0.2) is 4.79 Å². The fourth-order valence-corrected chi connectivity index (χ4v) is 2.68. The van der Waals surface area contributed by atoms with Crippen molar-refractivity contribution >= 4 is 11.9 Å². The number of aryl methyl sites for hydroxylation is 1. The van der Waals surface area contributed by atoms with Gasteiger partial charge in [-0.3, -0.25) is 4.79 Å². The van der Waals surface area contributed by atoms with Crippen LogP contribution in [0.15, 0.2) is 24.3 Å². The average Bonchev–Trinajstić information content (AvgIpc) is 3.02. The van der Waals surface area contributed by atoms with Crippen LogP contribution >= 0.6 is 0 Å². The third-order valence-corrected chi connectivity index (χ3v) is 4.12. The second-order valence-corrected chi connectivity index (χ2v) is 5.83. The maximum absolute atomic E-state index is 12.5. The molecule has 1 amide bonds. The molecule has 1 saturated heterocycles. The number of benzene rings is 1. The number of aliphatic hydroxyl groups is 1. The van der Waals surface area contributed by atoms with Crippen LogP contribution in [0, 0.1) is 6.92 Å². The van der Waals surface area contributed by atoms with Gasteiger partial charge < -0.3 is 19.8 Å². The van der Waals surface area contributed by atoms with Gasteiger partial charge in [-0.15, -0.1) is 0 Å². The monoisotopic (exact) mass is 321 g/mol. The van der Waals surface area contributed by atoms with E-state index < -0.39 is 24.3 Å². The summed E-state index contributed by atoms with van der Waals surface area (Å²) < 4.78 is 5.30. The molecule has 3 atom stereocenters. The molecule has 0 saturated carbocycles. The predicted molar refractivity (Wildman–Crippen MR) is 83.9 cm³/mol. The van der Waals surface area contributed by atoms with Crippen molar-refractivity contribution in [2.45, 2.75) is 45.0 Å². The zero-order valence-corrected chi connectivity index (χ0v) is 13.4. The Hall–Kier alpha value is -1.92. The van der Waals surface area contributed by atoms with E-state index in [9.17, 15) is 14.7 Å². The molecule has 1 aromatic carbocycles. The Labute approximate surface area is 135 Å². The fraction of sp³-hybridized carbons (Fsp3) is 0.529. The first kappa shape index (κ1) is 17.4. The summed E-state index contributed by atoms with van der Waals surface area (Å²) in [6.45, 7) is 4.38. The first-order chi connectivity index (χ1) is 10.9. The SMILES string of the molecule is CCN(CC(O)c1ccc(C)cc1)C(=O)[C@@H]1CC[C@H](C(=O)O)O1. The number of aliphatic carboxylic acids is 1. The molecule has 1 aliphatic rings. The quantitative estimate of drug-likeness (QED) is 0.829. The van der Waals surface area contributed by atoms with Crippen molar-refractivity contribution in [2.24, 2.45) is 0 Å². The summed E-state index contributed by atoms with van der Waals surface area (Å²) in [5.41, 5.74) is 1.85. The number of likely N-dealkylation sites (N-methyl/N-ethyl adjacent to an activating group) is 1. The third-order valence-electron chi connectivity index (χ3n) is 4.12. The molecule has 2 rings (SSSR count). The second kappa shape index (κ2) is 7.57. The summed E-state index contributed by atoms with van der Waals surface area (Å²) >= 11 is 0. The highest BCUT2D eigenvalue weighted by molar-refractivity contribution is 5.82. The number of amides is 1. The van der Waals surface area contributed by atoms with E-state index in [1.807, 2.05) is 38.1 Å². The molecule has 0 spiro atoms. The van der Waals surface area contributed by atoms with Gasteiger partial charge in [-0.2, -0.15) is 0 Å². The molecule has 1 heterocycles. The molecular formula is C17H23NO5. The normalized spacial score (nSPS) is 21.9. The molecule has 1 aliphatic heterocycles. The van der Waals surface area contributed by atoms with Crippen LogP contribution in [0.3, 0.4) is 0 Å². The number of carboxylic acids is 1. The summed E-state index contributed by atoms with van der Waals surface area (Å²) in [5, 5.41) is 19.3. The standard InChI is InChI=1S/C17H23NO5/c1-3-18(10-13(19)12-6-4-11(2)5-7-12)16(20)14-8-9-15(23-14)17(21)22/h4-7,13-15,19H,3,8-10H2,1-2H3,(H,21,22)/t13?,14-,15+/m0/s1. The number of rotatable bonds is 6. The van der Waals surface area contributed by atoms with Crippen molar-refractivity contribution in [3.8, 4) is 0 Å². The van der Waals surface area contributed by atoms with E-state index in [-0.39, 0.29) is 12.5 Å². The maximum Gasteiger partial charge on any atom is 0.332 e. The van der Waals surface area contributed by atoms with E-state index in [4.69, 9.17) is 9.84 Å². The minimum atomic E-state index is -1.04. The molecule has 6 nitrogen and oxygen atoms in total. The molecular weight excluding hydrogens is 298 g/mol. The van der Waals surface area contributed by atoms with Gasteiger partial charge >= 0.3 is 5.97 Å². The van der Waals surface area contributed by atoms with Gasteiger partial charge in [0.15, 0.2) is 6.10 Å². The van der Waals surface area contributed by atoms with Gasteiger partial charge in [-0.1, -0.05) is 29.8 Å². The van der Waals surface area contributed by atoms with E-state index in [2.05, 4.69) is 0 Å². The number of carboxylic acid groups (broad SMARTS) is 1. The Bertz CT molecular complexity index is 557. The predicted octanol–water partition coefficient (Wildman–Crippen LogP) is 1.51. The van der Waals surface area contributed by atoms with E-state index in [0.717, 1.165) is 11.1 Å². The largest absolute Gasteiger partial charge is 0.479 e. The lowest BCUT2D eigenvalue weighted by Crippen LogP contribution is -2.41. The van der Waals surface area contributed by atoms with Crippen LogP contribution in [0.1, 0.15) is 37.0 Å². The molecule has 1 aromatic rings. The zero-order valence-electron chi connectivity index (χ0n) is 13.4. The summed E-state index contributed by atoms with van der Waals surface area (Å²) in [5.74, 6) is -1.30. The van der Waals surface area contributed by atoms with Crippen LogP contribution in [0.4, 0.5) is 0 Å². The molecule has 1 unspecified atom stereocenters. The van der Waals surface area contributed by atoms with Crippen LogP contribution in [0.5, 0.6) is 0 Å². The van der Waals surface area contributed by atoms with Gasteiger partial charge in [0.05, 0.1) is 12.6 Å². The Balaban J connectivity index is 1.97. The van der Waals surface area contributed by atoms with Crippen LogP contribution in [0.25, 0.3) is 0 Å². The maximum atomic E-state index is 12.5. The number of aliphatic hydroxyl groups excluding tert-OH is 1. The average molecular weight is 321 g/mol. The van der Waals surface area contributed by atoms with Gasteiger partial charge in [0.2, 0.25) is 0 Å². The van der Waals surface area contributed by atoms with Gasteiger partial charge in [0, 0.05) is 6.54 Å². The van der Waals surface area contributed by atoms with Crippen LogP contribution in [0.2, 0.25) is 0 Å². The molecule has 0 aliphatic carbocycles. The Kier molecular flexibility index (Phi) is 5.74. The fourth-order valence-electron chi connectivity index (χ4n) is 2.68. The van der Waals surface area contributed by atoms with Crippen molar-refractivity contribution < 1.29 is 24.5 Å². The molecule has 0 aromatic heterocycles. The number of hydrogen-bond acceptors (Lipinski definition) is 4. The summed E-state index contributed by atoms with van der Waals surface area (Å²) in [7, 11) is 0. The van der Waals surface area contributed by atoms with Gasteiger partial charge in [-0.05, 0) is 32.3 Å². The van der Waals surface area contributed by atoms with Crippen molar-refractivity contribution in [3.63, 3.8) is 0 Å². The van der Waals surface area contributed by atoms with E-state index in [1.54, 1.807) is 0 Å². The summed E-state index contributed by atoms with van der Waals surface area (Å²) in [6.07, 6.45) is -1.70. The first-order valence-corrected chi connectivity index (χ1v) is 7.84. The smallest absolute Gasteiger partial charge is 0.332 e. The minimum absolute atomic E-state index is 0.163. The van der Waals surface area contributed by atoms with E-state index >= 15 is 0 Å². The first-order valence-electron chi connectivity index (χ1n) is 7.84. The van der Waals surface area contributed by atoms with Crippen LogP contribution < -0.4 is 0 Å². The minimum Gasteiger partial charge on any atom is -0.479 e. The second-order valence-electron chi connectivity index (χ2n) is 5.83. The lowest BCUT2D eigenvalue weighted by atomic mass is 10.1. The van der Waals surface area contributed by atoms with Gasteiger partial charge in [0.1, 0.15) is 6.10 Å². The van der Waals surface area contributed by atoms with Crippen molar-refractivity contribution in [3.05, 3.63) is 35.4 Å². The zero-order chi connectivity index (χ0) is 17.0. The third kappa shape index (κ3) is 4.30. The van der Waals surface area contributed by atoms with E-state index in [0.29, 0.717) is 19.4 Å². The van der Waals surface area contributed by atoms with Crippen molar-refractivity contribution in [2.75, 3.05) is 13.1 Å². The highest BCUT2D eigenvalue weighted by Gasteiger charge is 2.36. The number of ether oxygens (including phenoxy) is 1. The lowest BCUT2D eigenvalue weighted by Gasteiger charge is -2.26. The number of nitrogens with zero attached hydrogens (tertiary/aromatic N) is 1. The van der Waals surface area contributed by atoms with Crippen LogP contribution in [-0.4, -0.2) is 52.3 Å². The number of carbonyl (C=O) groups is 2. The lowest BCUT2D eigenvalue weighted by molar-refractivity contribution is -0.155. The molecule has 6 heteroatoms. The Morgan fingerprint density at radius 1 is 1.26 bits per heavy atom. The number of hydrogen-bond donors (Lipinski definition) is 2.